The summed E-state index contributed by atoms with van der Waals surface area (Å²) in [6, 6.07) is 4.27. The molecular weight excluding hydrogens is 260 g/mol. The molecule has 1 saturated heterocycles. The molecule has 0 aliphatic carbocycles. The third-order valence-electron chi connectivity index (χ3n) is 4.51. The number of nitrogens with two attached hydrogens (primary N) is 1. The maximum Gasteiger partial charge on any atom is 0.137 e. The van der Waals surface area contributed by atoms with Gasteiger partial charge < -0.3 is 15.0 Å². The van der Waals surface area contributed by atoms with Gasteiger partial charge in [0.25, 0.3) is 0 Å². The van der Waals surface area contributed by atoms with Gasteiger partial charge in [0.1, 0.15) is 5.65 Å². The van der Waals surface area contributed by atoms with Gasteiger partial charge in [-0.1, -0.05) is 12.8 Å². The van der Waals surface area contributed by atoms with Gasteiger partial charge in [0.05, 0.1) is 17.4 Å². The van der Waals surface area contributed by atoms with Crippen LogP contribution in [-0.2, 0) is 0 Å². The Balaban J connectivity index is 1.83. The van der Waals surface area contributed by atoms with Crippen LogP contribution in [-0.4, -0.2) is 33.9 Å². The molecule has 1 atom stereocenters. The Morgan fingerprint density at radius 1 is 1.19 bits per heavy atom. The zero-order valence-corrected chi connectivity index (χ0v) is 13.2. The Hall–Kier alpha value is -1.39. The zero-order valence-electron chi connectivity index (χ0n) is 13.2. The third kappa shape index (κ3) is 3.11. The highest BCUT2D eigenvalue weighted by Crippen LogP contribution is 2.21. The topological polar surface area (TPSA) is 46.6 Å². The van der Waals surface area contributed by atoms with Gasteiger partial charge >= 0.3 is 0 Å². The number of imidazole rings is 1. The summed E-state index contributed by atoms with van der Waals surface area (Å²) in [6.07, 6.45) is 7.43. The van der Waals surface area contributed by atoms with Gasteiger partial charge in [-0.2, -0.15) is 0 Å². The number of aryl methyl sites for hydroxylation is 2. The molecule has 0 radical (unpaired) electrons. The molecule has 21 heavy (non-hydrogen) atoms. The molecule has 2 aromatic rings. The molecule has 1 unspecified atom stereocenters. The molecular formula is C17H26N4. The molecule has 0 spiro atoms. The van der Waals surface area contributed by atoms with Gasteiger partial charge in [-0.05, 0) is 57.5 Å². The normalized spacial score (nSPS) is 18.8. The second-order valence-electron chi connectivity index (χ2n) is 6.34. The van der Waals surface area contributed by atoms with Gasteiger partial charge in [-0.25, -0.2) is 4.98 Å². The Morgan fingerprint density at radius 3 is 2.62 bits per heavy atom. The van der Waals surface area contributed by atoms with Crippen LogP contribution >= 0.6 is 0 Å². The van der Waals surface area contributed by atoms with E-state index < -0.39 is 0 Å². The van der Waals surface area contributed by atoms with Crippen LogP contribution in [0.5, 0.6) is 0 Å². The second-order valence-corrected chi connectivity index (χ2v) is 6.34. The van der Waals surface area contributed by atoms with E-state index in [1.54, 1.807) is 0 Å². The summed E-state index contributed by atoms with van der Waals surface area (Å²) in [5.74, 6) is 0. The lowest BCUT2D eigenvalue weighted by Gasteiger charge is -2.24. The van der Waals surface area contributed by atoms with Crippen molar-refractivity contribution in [2.45, 2.75) is 45.6 Å². The minimum Gasteiger partial charge on any atom is -0.322 e. The number of hydrogen-bond donors (Lipinski definition) is 1. The smallest absolute Gasteiger partial charge is 0.137 e. The summed E-state index contributed by atoms with van der Waals surface area (Å²) in [5, 5.41) is 0. The third-order valence-corrected chi connectivity index (χ3v) is 4.51. The van der Waals surface area contributed by atoms with Crippen molar-refractivity contribution >= 4 is 5.65 Å². The van der Waals surface area contributed by atoms with Crippen molar-refractivity contribution in [2.24, 2.45) is 5.73 Å². The van der Waals surface area contributed by atoms with Crippen molar-refractivity contribution in [3.63, 3.8) is 0 Å². The van der Waals surface area contributed by atoms with E-state index in [-0.39, 0.29) is 6.04 Å². The summed E-state index contributed by atoms with van der Waals surface area (Å²) in [7, 11) is 0. The van der Waals surface area contributed by atoms with Gasteiger partial charge in [0.15, 0.2) is 0 Å². The van der Waals surface area contributed by atoms with E-state index in [2.05, 4.69) is 46.5 Å². The maximum atomic E-state index is 6.52. The van der Waals surface area contributed by atoms with Crippen molar-refractivity contribution < 1.29 is 0 Å². The molecule has 4 nitrogen and oxygen atoms in total. The highest BCUT2D eigenvalue weighted by molar-refractivity contribution is 5.46. The number of rotatable bonds is 3. The summed E-state index contributed by atoms with van der Waals surface area (Å²) < 4.78 is 2.16. The van der Waals surface area contributed by atoms with Crippen molar-refractivity contribution in [2.75, 3.05) is 19.6 Å². The van der Waals surface area contributed by atoms with E-state index >= 15 is 0 Å². The molecule has 0 saturated carbocycles. The first-order valence-electron chi connectivity index (χ1n) is 8.08. The number of fused-ring (bicyclic) bond motifs is 1. The molecule has 2 aromatic heterocycles. The van der Waals surface area contributed by atoms with Crippen LogP contribution in [0.15, 0.2) is 18.3 Å². The molecule has 0 aromatic carbocycles. The van der Waals surface area contributed by atoms with E-state index in [0.29, 0.717) is 0 Å². The monoisotopic (exact) mass is 286 g/mol. The van der Waals surface area contributed by atoms with Crippen LogP contribution in [0.25, 0.3) is 5.65 Å². The molecule has 1 aliphatic heterocycles. The lowest BCUT2D eigenvalue weighted by atomic mass is 10.1. The number of hydrogen-bond acceptors (Lipinski definition) is 3. The van der Waals surface area contributed by atoms with E-state index in [1.807, 2.05) is 0 Å². The van der Waals surface area contributed by atoms with Gasteiger partial charge in [-0.15, -0.1) is 0 Å². The fraction of sp³-hybridized carbons (Fsp3) is 0.588. The molecule has 0 amide bonds. The van der Waals surface area contributed by atoms with Crippen molar-refractivity contribution in [1.82, 2.24) is 14.3 Å². The minimum atomic E-state index is 0.0285. The lowest BCUT2D eigenvalue weighted by molar-refractivity contribution is 0.265. The Labute approximate surface area is 127 Å². The highest BCUT2D eigenvalue weighted by atomic mass is 15.1. The first kappa shape index (κ1) is 14.5. The van der Waals surface area contributed by atoms with Crippen molar-refractivity contribution in [3.8, 4) is 0 Å². The molecule has 3 rings (SSSR count). The van der Waals surface area contributed by atoms with Crippen molar-refractivity contribution in [1.29, 1.82) is 0 Å². The average Bonchev–Trinajstić information content (AvgIpc) is 2.61. The predicted octanol–water partition coefficient (Wildman–Crippen LogP) is 2.83. The molecule has 1 aliphatic rings. The molecule has 4 heteroatoms. The zero-order chi connectivity index (χ0) is 14.8. The Bertz CT molecular complexity index is 609. The van der Waals surface area contributed by atoms with E-state index in [0.717, 1.165) is 23.6 Å². The van der Waals surface area contributed by atoms with Gasteiger partial charge in [-0.3, -0.25) is 0 Å². The van der Waals surface area contributed by atoms with Gasteiger partial charge in [0, 0.05) is 12.7 Å². The first-order chi connectivity index (χ1) is 10.1. The quantitative estimate of drug-likeness (QED) is 0.944. The molecule has 0 bridgehead atoms. The largest absolute Gasteiger partial charge is 0.322 e. The Morgan fingerprint density at radius 2 is 1.90 bits per heavy atom. The predicted molar refractivity (Wildman–Crippen MR) is 86.5 cm³/mol. The van der Waals surface area contributed by atoms with Crippen LogP contribution in [0.2, 0.25) is 0 Å². The minimum absolute atomic E-state index is 0.0285. The van der Waals surface area contributed by atoms with Crippen LogP contribution in [0.4, 0.5) is 0 Å². The average molecular weight is 286 g/mol. The SMILES string of the molecule is Cc1ccn2c(C(N)CN3CCCCCC3)c(C)nc2c1. The summed E-state index contributed by atoms with van der Waals surface area (Å²) >= 11 is 0. The molecule has 3 heterocycles. The fourth-order valence-corrected chi connectivity index (χ4v) is 3.41. The lowest BCUT2D eigenvalue weighted by Crippen LogP contribution is -2.33. The van der Waals surface area contributed by atoms with E-state index in [4.69, 9.17) is 5.73 Å². The second kappa shape index (κ2) is 6.16. The number of aromatic nitrogens is 2. The summed E-state index contributed by atoms with van der Waals surface area (Å²) in [5.41, 5.74) is 11.0. The highest BCUT2D eigenvalue weighted by Gasteiger charge is 2.19. The molecule has 2 N–H and O–H groups in total. The van der Waals surface area contributed by atoms with Gasteiger partial charge in [0.2, 0.25) is 0 Å². The molecule has 1 fully saturated rings. The molecule has 114 valence electrons. The summed E-state index contributed by atoms with van der Waals surface area (Å²) in [6.45, 7) is 7.47. The fourth-order valence-electron chi connectivity index (χ4n) is 3.41. The Kier molecular flexibility index (Phi) is 4.27. The maximum absolute atomic E-state index is 6.52. The van der Waals surface area contributed by atoms with E-state index in [1.165, 1.54) is 44.3 Å². The number of pyridine rings is 1. The van der Waals surface area contributed by atoms with Crippen molar-refractivity contribution in [3.05, 3.63) is 35.3 Å². The van der Waals surface area contributed by atoms with Crippen LogP contribution in [0.3, 0.4) is 0 Å². The first-order valence-corrected chi connectivity index (χ1v) is 8.08. The standard InChI is InChI=1S/C17H26N4/c1-13-7-10-21-16(11-13)19-14(2)17(21)15(18)12-20-8-5-3-4-6-9-20/h7,10-11,15H,3-6,8-9,12,18H2,1-2H3. The number of likely N-dealkylation sites (tertiary alicyclic amines) is 1. The summed E-state index contributed by atoms with van der Waals surface area (Å²) in [4.78, 5) is 7.19. The van der Waals surface area contributed by atoms with Crippen LogP contribution in [0, 0.1) is 13.8 Å². The van der Waals surface area contributed by atoms with Crippen LogP contribution < -0.4 is 5.73 Å². The van der Waals surface area contributed by atoms with Crippen LogP contribution in [0.1, 0.15) is 48.7 Å². The van der Waals surface area contributed by atoms with E-state index in [9.17, 15) is 0 Å². The number of nitrogens with zero attached hydrogens (tertiary/aromatic N) is 3.